The van der Waals surface area contributed by atoms with E-state index in [1.54, 1.807) is 0 Å². The van der Waals surface area contributed by atoms with Crippen LogP contribution in [-0.2, 0) is 23.2 Å². The quantitative estimate of drug-likeness (QED) is 0.788. The van der Waals surface area contributed by atoms with Crippen LogP contribution in [0.15, 0.2) is 6.20 Å². The summed E-state index contributed by atoms with van der Waals surface area (Å²) < 4.78 is 2.00. The molecule has 2 heterocycles. The molecule has 4 nitrogen and oxygen atoms in total. The number of carboxylic acid groups (broad SMARTS) is 1. The standard InChI is InChI=1S/C12H18N2O2/c1-12(2,3)9-7-14-6-8(11(15)16)4-5-10(14)13-9/h7-8H,4-6H2,1-3H3,(H,15,16). The molecule has 88 valence electrons. The predicted octanol–water partition coefficient (Wildman–Crippen LogP) is 1.83. The van der Waals surface area contributed by atoms with Crippen LogP contribution in [0.5, 0.6) is 0 Å². The summed E-state index contributed by atoms with van der Waals surface area (Å²) in [5.74, 6) is 0.0774. The highest BCUT2D eigenvalue weighted by atomic mass is 16.4. The van der Waals surface area contributed by atoms with Crippen LogP contribution in [0.2, 0.25) is 0 Å². The summed E-state index contributed by atoms with van der Waals surface area (Å²) >= 11 is 0. The van der Waals surface area contributed by atoms with Gasteiger partial charge in [-0.15, -0.1) is 0 Å². The summed E-state index contributed by atoms with van der Waals surface area (Å²) in [4.78, 5) is 15.5. The third-order valence-corrected chi connectivity index (χ3v) is 3.11. The first-order chi connectivity index (χ1) is 7.38. The summed E-state index contributed by atoms with van der Waals surface area (Å²) in [6, 6.07) is 0. The number of aliphatic carboxylic acids is 1. The van der Waals surface area contributed by atoms with Crippen molar-refractivity contribution in [2.75, 3.05) is 0 Å². The Labute approximate surface area is 95.3 Å². The van der Waals surface area contributed by atoms with Crippen LogP contribution in [0.3, 0.4) is 0 Å². The fourth-order valence-electron chi connectivity index (χ4n) is 2.01. The van der Waals surface area contributed by atoms with E-state index in [9.17, 15) is 4.79 Å². The first-order valence-corrected chi connectivity index (χ1v) is 5.67. The van der Waals surface area contributed by atoms with Gasteiger partial charge in [-0.3, -0.25) is 4.79 Å². The van der Waals surface area contributed by atoms with Crippen LogP contribution in [0.1, 0.15) is 38.7 Å². The molecule has 4 heteroatoms. The third kappa shape index (κ3) is 1.96. The average Bonchev–Trinajstić information content (AvgIpc) is 2.58. The Hall–Kier alpha value is -1.32. The fraction of sp³-hybridized carbons (Fsp3) is 0.667. The average molecular weight is 222 g/mol. The number of hydrogen-bond donors (Lipinski definition) is 1. The Morgan fingerprint density at radius 3 is 2.81 bits per heavy atom. The minimum absolute atomic E-state index is 0.0308. The maximum atomic E-state index is 10.9. The SMILES string of the molecule is CC(C)(C)c1cn2c(n1)CCC(C(=O)O)C2. The molecule has 0 amide bonds. The molecule has 0 aliphatic carbocycles. The zero-order valence-corrected chi connectivity index (χ0v) is 10.0. The molecule has 2 rings (SSSR count). The summed E-state index contributed by atoms with van der Waals surface area (Å²) in [7, 11) is 0. The second-order valence-corrected chi connectivity index (χ2v) is 5.52. The van der Waals surface area contributed by atoms with Crippen LogP contribution >= 0.6 is 0 Å². The van der Waals surface area contributed by atoms with Crippen molar-refractivity contribution in [2.24, 2.45) is 5.92 Å². The van der Waals surface area contributed by atoms with Gasteiger partial charge < -0.3 is 9.67 Å². The molecule has 1 aromatic heterocycles. The smallest absolute Gasteiger partial charge is 0.308 e. The van der Waals surface area contributed by atoms with Gasteiger partial charge in [0.15, 0.2) is 0 Å². The highest BCUT2D eigenvalue weighted by Crippen LogP contribution is 2.26. The lowest BCUT2D eigenvalue weighted by Gasteiger charge is -2.19. The Kier molecular flexibility index (Phi) is 2.52. The van der Waals surface area contributed by atoms with Gasteiger partial charge in [0.1, 0.15) is 5.82 Å². The van der Waals surface area contributed by atoms with Crippen molar-refractivity contribution in [3.63, 3.8) is 0 Å². The predicted molar refractivity (Wildman–Crippen MR) is 60.4 cm³/mol. The Bertz CT molecular complexity index is 415. The summed E-state index contributed by atoms with van der Waals surface area (Å²) in [6.07, 6.45) is 3.48. The lowest BCUT2D eigenvalue weighted by molar-refractivity contribution is -0.142. The topological polar surface area (TPSA) is 55.1 Å². The van der Waals surface area contributed by atoms with Crippen molar-refractivity contribution in [2.45, 2.75) is 45.6 Å². The number of carbonyl (C=O) groups is 1. The Balaban J connectivity index is 2.27. The number of hydrogen-bond acceptors (Lipinski definition) is 2. The van der Waals surface area contributed by atoms with E-state index in [1.165, 1.54) is 0 Å². The number of imidazole rings is 1. The van der Waals surface area contributed by atoms with Crippen molar-refractivity contribution in [3.8, 4) is 0 Å². The number of rotatable bonds is 1. The van der Waals surface area contributed by atoms with E-state index < -0.39 is 5.97 Å². The Morgan fingerprint density at radius 1 is 1.56 bits per heavy atom. The molecule has 16 heavy (non-hydrogen) atoms. The number of nitrogens with zero attached hydrogens (tertiary/aromatic N) is 2. The summed E-state index contributed by atoms with van der Waals surface area (Å²) in [6.45, 7) is 6.93. The molecule has 0 fully saturated rings. The van der Waals surface area contributed by atoms with Gasteiger partial charge in [0.25, 0.3) is 0 Å². The molecule has 0 bridgehead atoms. The van der Waals surface area contributed by atoms with Crippen molar-refractivity contribution in [1.82, 2.24) is 9.55 Å². The first-order valence-electron chi connectivity index (χ1n) is 5.67. The van der Waals surface area contributed by atoms with E-state index in [-0.39, 0.29) is 11.3 Å². The third-order valence-electron chi connectivity index (χ3n) is 3.11. The second kappa shape index (κ2) is 3.61. The van der Waals surface area contributed by atoms with E-state index in [2.05, 4.69) is 25.8 Å². The number of fused-ring (bicyclic) bond motifs is 1. The molecule has 0 saturated heterocycles. The van der Waals surface area contributed by atoms with Crippen LogP contribution in [0.25, 0.3) is 0 Å². The van der Waals surface area contributed by atoms with Gasteiger partial charge in [-0.2, -0.15) is 0 Å². The van der Waals surface area contributed by atoms with Gasteiger partial charge >= 0.3 is 5.97 Å². The highest BCUT2D eigenvalue weighted by Gasteiger charge is 2.27. The van der Waals surface area contributed by atoms with E-state index in [0.29, 0.717) is 13.0 Å². The molecule has 1 aliphatic rings. The molecule has 0 aromatic carbocycles. The van der Waals surface area contributed by atoms with Crippen LogP contribution in [-0.4, -0.2) is 20.6 Å². The lowest BCUT2D eigenvalue weighted by atomic mass is 9.93. The van der Waals surface area contributed by atoms with Crippen molar-refractivity contribution < 1.29 is 9.90 Å². The van der Waals surface area contributed by atoms with E-state index in [4.69, 9.17) is 5.11 Å². The van der Waals surface area contributed by atoms with Gasteiger partial charge in [-0.05, 0) is 6.42 Å². The van der Waals surface area contributed by atoms with Crippen molar-refractivity contribution in [3.05, 3.63) is 17.7 Å². The van der Waals surface area contributed by atoms with Crippen LogP contribution in [0.4, 0.5) is 0 Å². The van der Waals surface area contributed by atoms with Crippen molar-refractivity contribution in [1.29, 1.82) is 0 Å². The number of aryl methyl sites for hydroxylation is 1. The monoisotopic (exact) mass is 222 g/mol. The lowest BCUT2D eigenvalue weighted by Crippen LogP contribution is -2.26. The van der Waals surface area contributed by atoms with Gasteiger partial charge in [0.05, 0.1) is 11.6 Å². The molecule has 1 atom stereocenters. The molecular formula is C12H18N2O2. The molecule has 1 N–H and O–H groups in total. The first kappa shape index (κ1) is 11.2. The second-order valence-electron chi connectivity index (χ2n) is 5.52. The van der Waals surface area contributed by atoms with Gasteiger partial charge in [-0.1, -0.05) is 20.8 Å². The van der Waals surface area contributed by atoms with Crippen molar-refractivity contribution >= 4 is 5.97 Å². The minimum Gasteiger partial charge on any atom is -0.481 e. The van der Waals surface area contributed by atoms with E-state index >= 15 is 0 Å². The summed E-state index contributed by atoms with van der Waals surface area (Å²) in [5, 5.41) is 9.00. The van der Waals surface area contributed by atoms with E-state index in [0.717, 1.165) is 17.9 Å². The minimum atomic E-state index is -0.698. The molecule has 0 spiro atoms. The molecule has 1 aliphatic heterocycles. The van der Waals surface area contributed by atoms with Gasteiger partial charge in [-0.25, -0.2) is 4.98 Å². The molecule has 0 radical (unpaired) electrons. The molecule has 0 saturated carbocycles. The van der Waals surface area contributed by atoms with Gasteiger partial charge in [0, 0.05) is 24.6 Å². The molecule has 1 unspecified atom stereocenters. The molecular weight excluding hydrogens is 204 g/mol. The number of carboxylic acids is 1. The maximum Gasteiger partial charge on any atom is 0.308 e. The summed E-state index contributed by atoms with van der Waals surface area (Å²) in [5.41, 5.74) is 1.08. The zero-order chi connectivity index (χ0) is 11.9. The normalized spacial score (nSPS) is 20.6. The van der Waals surface area contributed by atoms with Crippen LogP contribution in [0, 0.1) is 5.92 Å². The van der Waals surface area contributed by atoms with Gasteiger partial charge in [0.2, 0.25) is 0 Å². The molecule has 1 aromatic rings. The number of aromatic nitrogens is 2. The van der Waals surface area contributed by atoms with E-state index in [1.807, 2.05) is 10.8 Å². The largest absolute Gasteiger partial charge is 0.481 e. The Morgan fingerprint density at radius 2 is 2.25 bits per heavy atom. The zero-order valence-electron chi connectivity index (χ0n) is 10.0. The highest BCUT2D eigenvalue weighted by molar-refractivity contribution is 5.70. The fourth-order valence-corrected chi connectivity index (χ4v) is 2.01. The van der Waals surface area contributed by atoms with Crippen LogP contribution < -0.4 is 0 Å². The maximum absolute atomic E-state index is 10.9.